The zero-order valence-corrected chi connectivity index (χ0v) is 20.6. The lowest BCUT2D eigenvalue weighted by Crippen LogP contribution is -2.39. The molecule has 0 unspecified atom stereocenters. The van der Waals surface area contributed by atoms with E-state index in [0.29, 0.717) is 0 Å². The first kappa shape index (κ1) is 27.0. The molecule has 0 heterocycles. The van der Waals surface area contributed by atoms with Crippen LogP contribution in [0.3, 0.4) is 0 Å². The number of rotatable bonds is 21. The number of quaternary nitrogens is 1. The Morgan fingerprint density at radius 2 is 1.00 bits per heavy atom. The minimum atomic E-state index is 1.11. The second-order valence-corrected chi connectivity index (χ2v) is 10.0. The largest absolute Gasteiger partial charge is 0.325 e. The van der Waals surface area contributed by atoms with Crippen LogP contribution >= 0.6 is 0 Å². The van der Waals surface area contributed by atoms with Crippen molar-refractivity contribution in [3.63, 3.8) is 0 Å². The van der Waals surface area contributed by atoms with Gasteiger partial charge in [0.15, 0.2) is 0 Å². The van der Waals surface area contributed by atoms with E-state index in [1.54, 1.807) is 0 Å². The first-order chi connectivity index (χ1) is 14.6. The molecule has 0 atom stereocenters. The van der Waals surface area contributed by atoms with Crippen LogP contribution in [0, 0.1) is 0 Å². The fraction of sp³-hybridized carbons (Fsp3) is 0.724. The van der Waals surface area contributed by atoms with E-state index < -0.39 is 0 Å². The molecule has 30 heavy (non-hydrogen) atoms. The van der Waals surface area contributed by atoms with Crippen molar-refractivity contribution < 1.29 is 4.48 Å². The van der Waals surface area contributed by atoms with E-state index in [1.807, 2.05) is 6.08 Å². The van der Waals surface area contributed by atoms with E-state index in [9.17, 15) is 0 Å². The fourth-order valence-corrected chi connectivity index (χ4v) is 4.46. The van der Waals surface area contributed by atoms with Crippen molar-refractivity contribution in [2.45, 2.75) is 116 Å². The van der Waals surface area contributed by atoms with Gasteiger partial charge in [0.05, 0.1) is 20.6 Å². The molecule has 1 aromatic carbocycles. The maximum atomic E-state index is 3.79. The molecular weight excluding hydrogens is 362 g/mol. The van der Waals surface area contributed by atoms with Gasteiger partial charge in [-0.05, 0) is 25.7 Å². The van der Waals surface area contributed by atoms with Crippen LogP contribution in [0.2, 0.25) is 0 Å². The van der Waals surface area contributed by atoms with E-state index in [0.717, 1.165) is 11.0 Å². The van der Waals surface area contributed by atoms with Gasteiger partial charge in [0.25, 0.3) is 0 Å². The van der Waals surface area contributed by atoms with Crippen molar-refractivity contribution in [2.24, 2.45) is 0 Å². The van der Waals surface area contributed by atoms with Gasteiger partial charge in [0.2, 0.25) is 0 Å². The summed E-state index contributed by atoms with van der Waals surface area (Å²) in [6, 6.07) is 10.9. The summed E-state index contributed by atoms with van der Waals surface area (Å²) in [6.07, 6.45) is 26.2. The molecule has 0 saturated carbocycles. The summed E-state index contributed by atoms with van der Waals surface area (Å²) < 4.78 is 1.11. The third kappa shape index (κ3) is 16.7. The third-order valence-electron chi connectivity index (χ3n) is 6.38. The highest BCUT2D eigenvalue weighted by molar-refractivity contribution is 5.13. The molecule has 0 bridgehead atoms. The highest BCUT2D eigenvalue weighted by Gasteiger charge is 2.14. The Balaban J connectivity index is 1.80. The lowest BCUT2D eigenvalue weighted by Gasteiger charge is -2.30. The van der Waals surface area contributed by atoms with Gasteiger partial charge < -0.3 is 4.48 Å². The molecule has 1 nitrogen and oxygen atoms in total. The van der Waals surface area contributed by atoms with Crippen LogP contribution < -0.4 is 0 Å². The quantitative estimate of drug-likeness (QED) is 0.107. The zero-order chi connectivity index (χ0) is 21.8. The van der Waals surface area contributed by atoms with Crippen molar-refractivity contribution in [2.75, 3.05) is 20.6 Å². The minimum Gasteiger partial charge on any atom is -0.325 e. The molecule has 0 fully saturated rings. The van der Waals surface area contributed by atoms with Gasteiger partial charge in [0, 0.05) is 5.56 Å². The first-order valence-electron chi connectivity index (χ1n) is 13.1. The predicted octanol–water partition coefficient (Wildman–Crippen LogP) is 9.08. The number of benzene rings is 1. The van der Waals surface area contributed by atoms with Crippen LogP contribution in [0.25, 0.3) is 0 Å². The van der Waals surface area contributed by atoms with Crippen LogP contribution in [0.15, 0.2) is 43.0 Å². The van der Waals surface area contributed by atoms with Crippen LogP contribution in [0.1, 0.15) is 115 Å². The minimum absolute atomic E-state index is 1.11. The molecule has 0 aliphatic rings. The van der Waals surface area contributed by atoms with E-state index in [2.05, 4.69) is 51.0 Å². The predicted molar refractivity (Wildman–Crippen MR) is 136 cm³/mol. The molecule has 0 spiro atoms. The summed E-state index contributed by atoms with van der Waals surface area (Å²) in [6.45, 7) is 6.24. The molecular formula is C29H52N+. The lowest BCUT2D eigenvalue weighted by atomic mass is 10.0. The average molecular weight is 415 g/mol. The molecule has 0 saturated heterocycles. The number of allylic oxidation sites excluding steroid dienone is 1. The standard InChI is InChI=1S/C29H52N/c1-4-5-6-7-8-9-10-11-12-13-14-15-16-17-18-19-20-24-27-30(2,3)28-29-25-22-21-23-26-29/h4,21-23,25-26H,1,5-20,24,27-28H2,2-3H3/q+1. The SMILES string of the molecule is C=CCCCCCCCCCCCCCCCCCC[N+](C)(C)Cc1ccccc1. The first-order valence-corrected chi connectivity index (χ1v) is 13.1. The van der Waals surface area contributed by atoms with E-state index >= 15 is 0 Å². The van der Waals surface area contributed by atoms with Gasteiger partial charge in [-0.15, -0.1) is 6.58 Å². The van der Waals surface area contributed by atoms with Gasteiger partial charge in [-0.3, -0.25) is 0 Å². The van der Waals surface area contributed by atoms with E-state index in [4.69, 9.17) is 0 Å². The number of hydrogen-bond donors (Lipinski definition) is 0. The second kappa shape index (κ2) is 18.7. The highest BCUT2D eigenvalue weighted by atomic mass is 15.3. The smallest absolute Gasteiger partial charge is 0.104 e. The molecule has 0 radical (unpaired) electrons. The lowest BCUT2D eigenvalue weighted by molar-refractivity contribution is -0.903. The summed E-state index contributed by atoms with van der Waals surface area (Å²) in [7, 11) is 4.74. The van der Waals surface area contributed by atoms with Gasteiger partial charge in [-0.2, -0.15) is 0 Å². The monoisotopic (exact) mass is 414 g/mol. The Kier molecular flexibility index (Phi) is 16.8. The molecule has 0 aliphatic heterocycles. The van der Waals surface area contributed by atoms with Crippen molar-refractivity contribution in [3.8, 4) is 0 Å². The molecule has 1 heteroatoms. The second-order valence-electron chi connectivity index (χ2n) is 10.0. The van der Waals surface area contributed by atoms with Gasteiger partial charge in [0.1, 0.15) is 6.54 Å². The van der Waals surface area contributed by atoms with Crippen molar-refractivity contribution in [3.05, 3.63) is 48.6 Å². The van der Waals surface area contributed by atoms with Crippen molar-refractivity contribution in [1.29, 1.82) is 0 Å². The number of hydrogen-bond acceptors (Lipinski definition) is 0. The average Bonchev–Trinajstić information content (AvgIpc) is 2.73. The summed E-state index contributed by atoms with van der Waals surface area (Å²) >= 11 is 0. The molecule has 0 amide bonds. The number of unbranched alkanes of at least 4 members (excludes halogenated alkanes) is 16. The van der Waals surface area contributed by atoms with E-state index in [-0.39, 0.29) is 0 Å². The summed E-state index contributed by atoms with van der Waals surface area (Å²) in [5.74, 6) is 0. The molecule has 1 aromatic rings. The van der Waals surface area contributed by atoms with Crippen molar-refractivity contribution >= 4 is 0 Å². The van der Waals surface area contributed by atoms with Crippen molar-refractivity contribution in [1.82, 2.24) is 0 Å². The van der Waals surface area contributed by atoms with Crippen LogP contribution in [-0.2, 0) is 6.54 Å². The Morgan fingerprint density at radius 3 is 1.43 bits per heavy atom. The fourth-order valence-electron chi connectivity index (χ4n) is 4.46. The Labute approximate surface area is 189 Å². The molecule has 1 rings (SSSR count). The van der Waals surface area contributed by atoms with Crippen LogP contribution in [-0.4, -0.2) is 25.1 Å². The Bertz CT molecular complexity index is 490. The normalized spacial score (nSPS) is 11.7. The summed E-state index contributed by atoms with van der Waals surface area (Å²) in [5, 5.41) is 0. The number of nitrogens with zero attached hydrogens (tertiary/aromatic N) is 1. The van der Waals surface area contributed by atoms with Gasteiger partial charge in [-0.25, -0.2) is 0 Å². The maximum Gasteiger partial charge on any atom is 0.104 e. The highest BCUT2D eigenvalue weighted by Crippen LogP contribution is 2.15. The Morgan fingerprint density at radius 1 is 0.600 bits per heavy atom. The Hall–Kier alpha value is -1.08. The van der Waals surface area contributed by atoms with Gasteiger partial charge in [-0.1, -0.05) is 120 Å². The third-order valence-corrected chi connectivity index (χ3v) is 6.38. The maximum absolute atomic E-state index is 3.79. The molecule has 0 N–H and O–H groups in total. The van der Waals surface area contributed by atoms with E-state index in [1.165, 1.54) is 121 Å². The molecule has 0 aliphatic carbocycles. The topological polar surface area (TPSA) is 0 Å². The molecule has 0 aromatic heterocycles. The summed E-state index contributed by atoms with van der Waals surface area (Å²) in [5.41, 5.74) is 1.46. The molecule has 172 valence electrons. The van der Waals surface area contributed by atoms with Crippen LogP contribution in [0.5, 0.6) is 0 Å². The summed E-state index contributed by atoms with van der Waals surface area (Å²) in [4.78, 5) is 0. The van der Waals surface area contributed by atoms with Crippen LogP contribution in [0.4, 0.5) is 0 Å². The van der Waals surface area contributed by atoms with Gasteiger partial charge >= 0.3 is 0 Å². The zero-order valence-electron chi connectivity index (χ0n) is 20.6.